The summed E-state index contributed by atoms with van der Waals surface area (Å²) in [6, 6.07) is 0. The summed E-state index contributed by atoms with van der Waals surface area (Å²) < 4.78 is 6.19. The van der Waals surface area contributed by atoms with Gasteiger partial charge in [-0.05, 0) is 143 Å². The van der Waals surface area contributed by atoms with E-state index >= 15 is 0 Å². The minimum atomic E-state index is -1.11. The molecule has 5 rings (SSSR count). The van der Waals surface area contributed by atoms with Gasteiger partial charge in [0.05, 0.1) is 11.8 Å². The van der Waals surface area contributed by atoms with Gasteiger partial charge in [-0.2, -0.15) is 0 Å². The number of unbranched alkanes of at least 4 members (excludes halogenated alkanes) is 4. The van der Waals surface area contributed by atoms with Crippen LogP contribution in [0.2, 0.25) is 0 Å². The van der Waals surface area contributed by atoms with Gasteiger partial charge in [-0.15, -0.1) is 0 Å². The Morgan fingerprint density at radius 3 is 2.17 bits per heavy atom. The molecule has 5 fully saturated rings. The number of aliphatic carboxylic acids is 1. The van der Waals surface area contributed by atoms with Crippen LogP contribution in [0.4, 0.5) is 0 Å². The Morgan fingerprint density at radius 1 is 0.826 bits per heavy atom. The molecule has 10 atom stereocenters. The van der Waals surface area contributed by atoms with Crippen molar-refractivity contribution in [2.45, 2.75) is 178 Å². The largest absolute Gasteiger partial charge is 0.481 e. The number of rotatable bonds is 11. The molecule has 4 nitrogen and oxygen atoms in total. The fraction of sp³-hybridized carbons (Fsp3) is 0.905. The normalized spacial score (nSPS) is 43.1. The van der Waals surface area contributed by atoms with Crippen molar-refractivity contribution in [1.29, 1.82) is 0 Å². The second-order valence-corrected chi connectivity index (χ2v) is 19.4. The lowest BCUT2D eigenvalue weighted by Gasteiger charge is -2.73. The van der Waals surface area contributed by atoms with Crippen molar-refractivity contribution in [3.05, 3.63) is 12.2 Å². The highest BCUT2D eigenvalue weighted by atomic mass is 16.5. The highest BCUT2D eigenvalue weighted by molar-refractivity contribution is 5.81. The number of hydrogen-bond acceptors (Lipinski definition) is 3. The number of ether oxygens (including phenoxy) is 1. The van der Waals surface area contributed by atoms with Crippen molar-refractivity contribution in [3.8, 4) is 0 Å². The third-order valence-electron chi connectivity index (χ3n) is 16.4. The highest BCUT2D eigenvalue weighted by Crippen LogP contribution is 2.78. The molecule has 5 aliphatic carbocycles. The zero-order chi connectivity index (χ0) is 33.9. The predicted octanol–water partition coefficient (Wildman–Crippen LogP) is 11.4. The van der Waals surface area contributed by atoms with Crippen molar-refractivity contribution in [1.82, 2.24) is 0 Å². The Hall–Kier alpha value is -1.32. The quantitative estimate of drug-likeness (QED) is 0.139. The molecule has 1 N–H and O–H groups in total. The molecule has 0 aliphatic heterocycles. The van der Waals surface area contributed by atoms with Gasteiger partial charge in [0.15, 0.2) is 0 Å². The third-order valence-corrected chi connectivity index (χ3v) is 16.4. The van der Waals surface area contributed by atoms with Crippen LogP contribution >= 0.6 is 0 Å². The molecule has 0 unspecified atom stereocenters. The number of carbonyl (C=O) groups is 2. The number of carbonyl (C=O) groups excluding carboxylic acids is 1. The van der Waals surface area contributed by atoms with Gasteiger partial charge in [-0.3, -0.25) is 9.59 Å². The van der Waals surface area contributed by atoms with Crippen LogP contribution in [0.25, 0.3) is 0 Å². The first kappa shape index (κ1) is 36.0. The van der Waals surface area contributed by atoms with Gasteiger partial charge in [-0.1, -0.05) is 85.8 Å². The maximum absolute atomic E-state index is 13.0. The van der Waals surface area contributed by atoms with Gasteiger partial charge < -0.3 is 9.84 Å². The predicted molar refractivity (Wildman–Crippen MR) is 188 cm³/mol. The van der Waals surface area contributed by atoms with Gasteiger partial charge in [0.2, 0.25) is 0 Å². The zero-order valence-corrected chi connectivity index (χ0v) is 31.4. The summed E-state index contributed by atoms with van der Waals surface area (Å²) >= 11 is 0. The molecule has 0 aromatic heterocycles. The lowest BCUT2D eigenvalue weighted by atomic mass is 9.32. The second-order valence-electron chi connectivity index (χ2n) is 19.4. The SMILES string of the molecule is C=C(C)[C@@H]1CC[C@]2(CCCCCCC)CC[C@]3(C)[C@H](CC[C@@H]4[C@@]5(C)CC[C@H](OC(=O)CC(C)(C)C(=O)O)C(C)(C)[C@@H]5CC[C@]43C)[C@@H]12. The van der Waals surface area contributed by atoms with Gasteiger partial charge in [0.1, 0.15) is 6.10 Å². The van der Waals surface area contributed by atoms with Crippen LogP contribution in [0.3, 0.4) is 0 Å². The van der Waals surface area contributed by atoms with Crippen molar-refractivity contribution >= 4 is 11.9 Å². The lowest BCUT2D eigenvalue weighted by Crippen LogP contribution is -2.66. The Kier molecular flexibility index (Phi) is 9.80. The summed E-state index contributed by atoms with van der Waals surface area (Å²) in [5.41, 5.74) is 1.64. The Bertz CT molecular complexity index is 1170. The molecule has 0 bridgehead atoms. The highest BCUT2D eigenvalue weighted by Gasteiger charge is 2.71. The summed E-state index contributed by atoms with van der Waals surface area (Å²) in [4.78, 5) is 24.7. The first-order chi connectivity index (χ1) is 21.4. The van der Waals surface area contributed by atoms with E-state index in [0.29, 0.717) is 34.0 Å². The van der Waals surface area contributed by atoms with Crippen molar-refractivity contribution in [2.75, 3.05) is 0 Å². The molecule has 5 saturated carbocycles. The Labute approximate surface area is 282 Å². The van der Waals surface area contributed by atoms with Crippen molar-refractivity contribution < 1.29 is 19.4 Å². The molecule has 0 amide bonds. The van der Waals surface area contributed by atoms with Crippen LogP contribution in [-0.4, -0.2) is 23.1 Å². The fourth-order valence-electron chi connectivity index (χ4n) is 13.6. The number of carboxylic acid groups (broad SMARTS) is 1. The monoisotopic (exact) mass is 639 g/mol. The lowest BCUT2D eigenvalue weighted by molar-refractivity contribution is -0.250. The molecule has 0 aromatic rings. The van der Waals surface area contributed by atoms with E-state index in [1.165, 1.54) is 95.5 Å². The molecule has 0 radical (unpaired) electrons. The molecule has 0 aromatic carbocycles. The summed E-state index contributed by atoms with van der Waals surface area (Å²) in [5.74, 6) is 2.18. The van der Waals surface area contributed by atoms with Crippen LogP contribution in [0, 0.1) is 62.1 Å². The minimum absolute atomic E-state index is 0.0795. The van der Waals surface area contributed by atoms with Crippen molar-refractivity contribution in [2.24, 2.45) is 62.1 Å². The number of hydrogen-bond donors (Lipinski definition) is 1. The van der Waals surface area contributed by atoms with Gasteiger partial charge in [0.25, 0.3) is 0 Å². The first-order valence-corrected chi connectivity index (χ1v) is 19.5. The standard InChI is InChI=1S/C42H70O4/c1-11-12-13-14-15-21-42-24-18-29(28(2)3)35(42)30-16-17-32-39(8)22-20-33(46-34(43)27-37(4,5)36(44)45)38(6,7)31(39)19-23-41(32,10)40(30,9)25-26-42/h29-33,35H,2,11-27H2,1,3-10H3,(H,44,45)/t29-,30+,31-,32+,33-,35+,39-,40+,41+,42+/m0/s1. The van der Waals surface area contributed by atoms with Gasteiger partial charge in [0, 0.05) is 5.41 Å². The molecule has 5 aliphatic rings. The Morgan fingerprint density at radius 2 is 1.52 bits per heavy atom. The smallest absolute Gasteiger partial charge is 0.309 e. The molecule has 46 heavy (non-hydrogen) atoms. The number of esters is 1. The van der Waals surface area contributed by atoms with Crippen LogP contribution < -0.4 is 0 Å². The average Bonchev–Trinajstić information content (AvgIpc) is 3.34. The maximum Gasteiger partial charge on any atom is 0.309 e. The molecule has 4 heteroatoms. The summed E-state index contributed by atoms with van der Waals surface area (Å²) in [5, 5.41) is 9.58. The van der Waals surface area contributed by atoms with E-state index in [0.717, 1.165) is 24.7 Å². The Balaban J connectivity index is 1.38. The van der Waals surface area contributed by atoms with Crippen LogP contribution in [0.5, 0.6) is 0 Å². The molecule has 262 valence electrons. The van der Waals surface area contributed by atoms with E-state index < -0.39 is 11.4 Å². The van der Waals surface area contributed by atoms with Gasteiger partial charge in [-0.25, -0.2) is 0 Å². The van der Waals surface area contributed by atoms with Crippen LogP contribution in [0.15, 0.2) is 12.2 Å². The zero-order valence-electron chi connectivity index (χ0n) is 31.4. The van der Waals surface area contributed by atoms with Gasteiger partial charge >= 0.3 is 11.9 Å². The van der Waals surface area contributed by atoms with E-state index in [-0.39, 0.29) is 29.3 Å². The van der Waals surface area contributed by atoms with E-state index in [4.69, 9.17) is 4.74 Å². The van der Waals surface area contributed by atoms with E-state index in [1.807, 2.05) is 0 Å². The second kappa shape index (κ2) is 12.5. The topological polar surface area (TPSA) is 63.6 Å². The summed E-state index contributed by atoms with van der Waals surface area (Å²) in [7, 11) is 0. The molecule has 0 heterocycles. The average molecular weight is 639 g/mol. The van der Waals surface area contributed by atoms with E-state index in [9.17, 15) is 14.7 Å². The fourth-order valence-corrected chi connectivity index (χ4v) is 13.6. The minimum Gasteiger partial charge on any atom is -0.481 e. The number of allylic oxidation sites excluding steroid dienone is 1. The van der Waals surface area contributed by atoms with Crippen molar-refractivity contribution in [3.63, 3.8) is 0 Å². The summed E-state index contributed by atoms with van der Waals surface area (Å²) in [6.45, 7) is 25.3. The molecular formula is C42H70O4. The third kappa shape index (κ3) is 5.64. The van der Waals surface area contributed by atoms with E-state index in [2.05, 4.69) is 55.0 Å². The molecule has 0 saturated heterocycles. The summed E-state index contributed by atoms with van der Waals surface area (Å²) in [6.07, 6.45) is 20.9. The molecule has 0 spiro atoms. The maximum atomic E-state index is 13.0. The van der Waals surface area contributed by atoms with E-state index in [1.54, 1.807) is 13.8 Å². The first-order valence-electron chi connectivity index (χ1n) is 19.5. The van der Waals surface area contributed by atoms with Crippen LogP contribution in [-0.2, 0) is 14.3 Å². The number of fused-ring (bicyclic) bond motifs is 7. The number of carboxylic acids is 1. The molecular weight excluding hydrogens is 568 g/mol. The van der Waals surface area contributed by atoms with Crippen LogP contribution in [0.1, 0.15) is 171 Å².